The third-order valence-electron chi connectivity index (χ3n) is 2.03. The lowest BCUT2D eigenvalue weighted by molar-refractivity contribution is 0.633. The molecule has 0 aliphatic carbocycles. The Morgan fingerprint density at radius 1 is 1.27 bits per heavy atom. The average molecular weight is 223 g/mol. The average Bonchev–Trinajstić information content (AvgIpc) is 2.25. The van der Waals surface area contributed by atoms with Crippen molar-refractivity contribution in [3.8, 4) is 11.3 Å². The third kappa shape index (κ3) is 1.92. The van der Waals surface area contributed by atoms with Gasteiger partial charge >= 0.3 is 0 Å². The van der Waals surface area contributed by atoms with Crippen molar-refractivity contribution >= 4 is 17.3 Å². The summed E-state index contributed by atoms with van der Waals surface area (Å²) in [4.78, 5) is 4.09. The van der Waals surface area contributed by atoms with Gasteiger partial charge in [0.25, 0.3) is 0 Å². The van der Waals surface area contributed by atoms with Crippen molar-refractivity contribution < 1.29 is 4.39 Å². The second-order valence-corrected chi connectivity index (χ2v) is 3.48. The molecule has 0 aliphatic rings. The number of hydrogen-bond acceptors (Lipinski definition) is 2. The molecule has 1 heterocycles. The third-order valence-corrected chi connectivity index (χ3v) is 2.34. The van der Waals surface area contributed by atoms with Gasteiger partial charge in [-0.15, -0.1) is 0 Å². The number of hydrogen-bond donors (Lipinski definition) is 1. The van der Waals surface area contributed by atoms with E-state index in [1.54, 1.807) is 18.3 Å². The fraction of sp³-hybridized carbons (Fsp3) is 0. The molecule has 0 unspecified atom stereocenters. The van der Waals surface area contributed by atoms with Crippen LogP contribution >= 0.6 is 11.6 Å². The van der Waals surface area contributed by atoms with Crippen LogP contribution in [0.5, 0.6) is 0 Å². The number of rotatable bonds is 1. The summed E-state index contributed by atoms with van der Waals surface area (Å²) in [5, 5.41) is 0.396. The van der Waals surface area contributed by atoms with E-state index in [9.17, 15) is 4.39 Å². The summed E-state index contributed by atoms with van der Waals surface area (Å²) >= 11 is 5.95. The van der Waals surface area contributed by atoms with Gasteiger partial charge in [0, 0.05) is 11.8 Å². The van der Waals surface area contributed by atoms with E-state index in [0.29, 0.717) is 16.3 Å². The number of nitrogens with two attached hydrogens (primary N) is 1. The van der Waals surface area contributed by atoms with Crippen LogP contribution in [0.4, 0.5) is 10.1 Å². The highest BCUT2D eigenvalue weighted by molar-refractivity contribution is 6.33. The molecular weight excluding hydrogens is 215 g/mol. The van der Waals surface area contributed by atoms with E-state index < -0.39 is 5.82 Å². The first-order chi connectivity index (χ1) is 7.18. The van der Waals surface area contributed by atoms with Crippen molar-refractivity contribution in [1.82, 2.24) is 4.98 Å². The molecule has 2 N–H and O–H groups in total. The molecule has 1 aromatic carbocycles. The van der Waals surface area contributed by atoms with Gasteiger partial charge in [-0.05, 0) is 24.3 Å². The van der Waals surface area contributed by atoms with E-state index in [0.717, 1.165) is 0 Å². The van der Waals surface area contributed by atoms with E-state index in [1.165, 1.54) is 12.1 Å². The lowest BCUT2D eigenvalue weighted by atomic mass is 10.1. The predicted octanol–water partition coefficient (Wildman–Crippen LogP) is 3.12. The normalized spacial score (nSPS) is 10.3. The van der Waals surface area contributed by atoms with E-state index in [1.807, 2.05) is 6.07 Å². The summed E-state index contributed by atoms with van der Waals surface area (Å²) in [7, 11) is 0. The Morgan fingerprint density at radius 2 is 2.07 bits per heavy atom. The van der Waals surface area contributed by atoms with Crippen LogP contribution in [0, 0.1) is 5.82 Å². The van der Waals surface area contributed by atoms with Gasteiger partial charge in [0.1, 0.15) is 5.82 Å². The molecule has 0 radical (unpaired) electrons. The smallest absolute Gasteiger partial charge is 0.146 e. The summed E-state index contributed by atoms with van der Waals surface area (Å²) in [5.74, 6) is -0.486. The first kappa shape index (κ1) is 9.93. The van der Waals surface area contributed by atoms with Crippen LogP contribution in [0.1, 0.15) is 0 Å². The van der Waals surface area contributed by atoms with E-state index >= 15 is 0 Å². The monoisotopic (exact) mass is 222 g/mol. The van der Waals surface area contributed by atoms with Crippen molar-refractivity contribution in [2.75, 3.05) is 5.73 Å². The first-order valence-electron chi connectivity index (χ1n) is 4.34. The van der Waals surface area contributed by atoms with Crippen LogP contribution in [0.15, 0.2) is 36.5 Å². The van der Waals surface area contributed by atoms with Gasteiger partial charge in [0.05, 0.1) is 16.4 Å². The van der Waals surface area contributed by atoms with Crippen LogP contribution in [0.25, 0.3) is 11.3 Å². The molecule has 0 spiro atoms. The van der Waals surface area contributed by atoms with Crippen LogP contribution < -0.4 is 5.73 Å². The molecule has 4 heteroatoms. The Hall–Kier alpha value is -1.61. The topological polar surface area (TPSA) is 38.9 Å². The summed E-state index contributed by atoms with van der Waals surface area (Å²) in [5.41, 5.74) is 6.60. The van der Waals surface area contributed by atoms with Crippen molar-refractivity contribution in [3.05, 3.63) is 47.4 Å². The van der Waals surface area contributed by atoms with Gasteiger partial charge in [-0.1, -0.05) is 17.7 Å². The summed E-state index contributed by atoms with van der Waals surface area (Å²) < 4.78 is 13.2. The Kier molecular flexibility index (Phi) is 2.56. The fourth-order valence-corrected chi connectivity index (χ4v) is 1.55. The maximum Gasteiger partial charge on any atom is 0.146 e. The van der Waals surface area contributed by atoms with E-state index in [4.69, 9.17) is 17.3 Å². The molecule has 0 saturated carbocycles. The highest BCUT2D eigenvalue weighted by atomic mass is 35.5. The molecule has 15 heavy (non-hydrogen) atoms. The highest BCUT2D eigenvalue weighted by Gasteiger charge is 2.08. The molecule has 0 saturated heterocycles. The summed E-state index contributed by atoms with van der Waals surface area (Å²) in [6.45, 7) is 0. The van der Waals surface area contributed by atoms with Gasteiger partial charge in [0.2, 0.25) is 0 Å². The van der Waals surface area contributed by atoms with E-state index in [2.05, 4.69) is 4.98 Å². The lowest BCUT2D eigenvalue weighted by Gasteiger charge is -2.05. The molecule has 2 aromatic rings. The van der Waals surface area contributed by atoms with Crippen LogP contribution in [-0.4, -0.2) is 4.98 Å². The zero-order valence-corrected chi connectivity index (χ0v) is 8.50. The maximum atomic E-state index is 13.2. The molecule has 2 rings (SSSR count). The second kappa shape index (κ2) is 3.87. The molecule has 0 aliphatic heterocycles. The molecule has 0 atom stereocenters. The van der Waals surface area contributed by atoms with Crippen molar-refractivity contribution in [3.63, 3.8) is 0 Å². The van der Waals surface area contributed by atoms with Crippen LogP contribution in [0.3, 0.4) is 0 Å². The van der Waals surface area contributed by atoms with E-state index in [-0.39, 0.29) is 5.69 Å². The summed E-state index contributed by atoms with van der Waals surface area (Å²) in [6, 6.07) is 8.04. The quantitative estimate of drug-likeness (QED) is 0.753. The largest absolute Gasteiger partial charge is 0.396 e. The van der Waals surface area contributed by atoms with Gasteiger partial charge in [-0.2, -0.15) is 0 Å². The lowest BCUT2D eigenvalue weighted by Crippen LogP contribution is -1.92. The standard InChI is InChI=1S/C11H8ClFN2/c12-8-6-10(14)9(13)5-7(8)11-3-1-2-4-15-11/h1-6H,14H2. The predicted molar refractivity (Wildman–Crippen MR) is 59.1 cm³/mol. The number of nitrogen functional groups attached to an aromatic ring is 1. The Labute approximate surface area is 91.5 Å². The zero-order chi connectivity index (χ0) is 10.8. The summed E-state index contributed by atoms with van der Waals surface area (Å²) in [6.07, 6.45) is 1.62. The number of nitrogens with zero attached hydrogens (tertiary/aromatic N) is 1. The minimum atomic E-state index is -0.486. The fourth-order valence-electron chi connectivity index (χ4n) is 1.28. The molecule has 0 bridgehead atoms. The minimum absolute atomic E-state index is 0.0414. The second-order valence-electron chi connectivity index (χ2n) is 3.07. The van der Waals surface area contributed by atoms with Crippen LogP contribution in [-0.2, 0) is 0 Å². The van der Waals surface area contributed by atoms with Gasteiger partial charge < -0.3 is 5.73 Å². The number of aromatic nitrogens is 1. The highest BCUT2D eigenvalue weighted by Crippen LogP contribution is 2.29. The van der Waals surface area contributed by atoms with Crippen molar-refractivity contribution in [2.45, 2.75) is 0 Å². The van der Waals surface area contributed by atoms with Crippen LogP contribution in [0.2, 0.25) is 5.02 Å². The van der Waals surface area contributed by atoms with Gasteiger partial charge in [-0.3, -0.25) is 4.98 Å². The number of anilines is 1. The Balaban J connectivity index is 2.59. The zero-order valence-electron chi connectivity index (χ0n) is 7.74. The SMILES string of the molecule is Nc1cc(Cl)c(-c2ccccn2)cc1F. The number of pyridine rings is 1. The Morgan fingerprint density at radius 3 is 2.73 bits per heavy atom. The van der Waals surface area contributed by atoms with Crippen molar-refractivity contribution in [1.29, 1.82) is 0 Å². The van der Waals surface area contributed by atoms with Gasteiger partial charge in [-0.25, -0.2) is 4.39 Å². The van der Waals surface area contributed by atoms with Crippen molar-refractivity contribution in [2.24, 2.45) is 0 Å². The minimum Gasteiger partial charge on any atom is -0.396 e. The van der Waals surface area contributed by atoms with Gasteiger partial charge in [0.15, 0.2) is 0 Å². The first-order valence-corrected chi connectivity index (χ1v) is 4.72. The number of halogens is 2. The maximum absolute atomic E-state index is 13.2. The molecular formula is C11H8ClFN2. The molecule has 0 amide bonds. The molecule has 2 nitrogen and oxygen atoms in total. The molecule has 1 aromatic heterocycles. The molecule has 76 valence electrons. The Bertz CT molecular complexity index is 485. The number of benzene rings is 1. The molecule has 0 fully saturated rings.